The van der Waals surface area contributed by atoms with Gasteiger partial charge >= 0.3 is 0 Å². The molecule has 0 bridgehead atoms. The molecule has 3 aliphatic rings. The normalized spacial score (nSPS) is 23.1. The number of aromatic nitrogens is 1. The van der Waals surface area contributed by atoms with Crippen LogP contribution < -0.4 is 5.73 Å². The highest BCUT2D eigenvalue weighted by atomic mass is 19.1. The van der Waals surface area contributed by atoms with Gasteiger partial charge in [0.15, 0.2) is 6.23 Å². The van der Waals surface area contributed by atoms with Crippen LogP contribution in [0.2, 0.25) is 0 Å². The summed E-state index contributed by atoms with van der Waals surface area (Å²) in [5.74, 6) is -1.51. The number of nitrogens with two attached hydrogens (primary N) is 1. The van der Waals surface area contributed by atoms with Crippen molar-refractivity contribution >= 4 is 11.8 Å². The Morgan fingerprint density at radius 3 is 2.59 bits per heavy atom. The van der Waals surface area contributed by atoms with Crippen LogP contribution in [-0.4, -0.2) is 58.4 Å². The van der Waals surface area contributed by atoms with E-state index in [0.717, 1.165) is 31.5 Å². The zero-order valence-electron chi connectivity index (χ0n) is 21.7. The summed E-state index contributed by atoms with van der Waals surface area (Å²) in [4.78, 5) is 33.7. The number of amides is 2. The summed E-state index contributed by atoms with van der Waals surface area (Å²) in [5.41, 5.74) is 5.82. The van der Waals surface area contributed by atoms with Crippen molar-refractivity contribution in [3.8, 4) is 0 Å². The number of hydrogen-bond acceptors (Lipinski definition) is 6. The maximum Gasteiger partial charge on any atom is 0.257 e. The number of fused-ring (bicyclic) bond motifs is 1. The number of piperidine rings is 1. The monoisotopic (exact) mass is 510 g/mol. The molecular weight excluding hydrogens is 475 g/mol. The first-order valence-corrected chi connectivity index (χ1v) is 12.9. The second-order valence-corrected chi connectivity index (χ2v) is 11.2. The first-order chi connectivity index (χ1) is 17.5. The highest BCUT2D eigenvalue weighted by Gasteiger charge is 2.51. The van der Waals surface area contributed by atoms with Crippen molar-refractivity contribution in [2.45, 2.75) is 57.9 Å². The van der Waals surface area contributed by atoms with Crippen LogP contribution in [0.15, 0.2) is 30.5 Å². The van der Waals surface area contributed by atoms with Gasteiger partial charge in [-0.25, -0.2) is 4.39 Å². The molecule has 0 radical (unpaired) electrons. The zero-order valence-corrected chi connectivity index (χ0v) is 21.7. The summed E-state index contributed by atoms with van der Waals surface area (Å²) < 4.78 is 21.9. The van der Waals surface area contributed by atoms with Crippen molar-refractivity contribution in [1.82, 2.24) is 14.8 Å². The lowest BCUT2D eigenvalue weighted by molar-refractivity contribution is -0.129. The van der Waals surface area contributed by atoms with Gasteiger partial charge in [-0.3, -0.25) is 14.6 Å². The predicted octanol–water partition coefficient (Wildman–Crippen LogP) is 3.02. The zero-order chi connectivity index (χ0) is 26.5. The van der Waals surface area contributed by atoms with Gasteiger partial charge in [-0.1, -0.05) is 6.07 Å². The maximum atomic E-state index is 15.8. The SMILES string of the molecule is Cc1ccc(CN2C(=O)c3cc(C(C)(O)C4CCN(C)CC4)cc(F)c3C2OCC2(C(N)=O)CC2)nc1. The minimum atomic E-state index is -1.29. The third kappa shape index (κ3) is 4.76. The van der Waals surface area contributed by atoms with Gasteiger partial charge in [0, 0.05) is 11.8 Å². The van der Waals surface area contributed by atoms with E-state index in [-0.39, 0.29) is 30.2 Å². The van der Waals surface area contributed by atoms with E-state index >= 15 is 4.39 Å². The number of ether oxygens (including phenoxy) is 1. The number of carbonyl (C=O) groups excluding carboxylic acids is 2. The first kappa shape index (κ1) is 25.8. The molecule has 2 unspecified atom stereocenters. The fraction of sp³-hybridized carbons (Fsp3) is 0.536. The number of halogens is 1. The topological polar surface area (TPSA) is 109 Å². The van der Waals surface area contributed by atoms with Crippen molar-refractivity contribution < 1.29 is 23.8 Å². The number of aliphatic hydroxyl groups is 1. The van der Waals surface area contributed by atoms with Crippen LogP contribution in [0.25, 0.3) is 0 Å². The Balaban J connectivity index is 1.48. The highest BCUT2D eigenvalue weighted by Crippen LogP contribution is 2.48. The van der Waals surface area contributed by atoms with Gasteiger partial charge in [-0.15, -0.1) is 0 Å². The molecular formula is C28H35FN4O4. The van der Waals surface area contributed by atoms with Crippen molar-refractivity contribution in [3.63, 3.8) is 0 Å². The quantitative estimate of drug-likeness (QED) is 0.565. The van der Waals surface area contributed by atoms with E-state index in [1.54, 1.807) is 19.2 Å². The molecule has 37 heavy (non-hydrogen) atoms. The molecule has 5 rings (SSSR count). The van der Waals surface area contributed by atoms with Gasteiger partial charge in [-0.05, 0) is 94.9 Å². The van der Waals surface area contributed by atoms with Crippen molar-refractivity contribution in [1.29, 1.82) is 0 Å². The van der Waals surface area contributed by atoms with Crippen LogP contribution in [0.1, 0.15) is 71.6 Å². The Hall–Kier alpha value is -2.88. The van der Waals surface area contributed by atoms with Crippen LogP contribution >= 0.6 is 0 Å². The number of likely N-dealkylation sites (tertiary alicyclic amines) is 1. The Morgan fingerprint density at radius 1 is 1.30 bits per heavy atom. The summed E-state index contributed by atoms with van der Waals surface area (Å²) in [5, 5.41) is 11.5. The number of primary amides is 1. The molecule has 8 nitrogen and oxygen atoms in total. The summed E-state index contributed by atoms with van der Waals surface area (Å²) in [7, 11) is 2.04. The van der Waals surface area contributed by atoms with Crippen LogP contribution in [0.4, 0.5) is 4.39 Å². The number of rotatable bonds is 8. The Bertz CT molecular complexity index is 1200. The third-order valence-corrected chi connectivity index (χ3v) is 8.45. The Kier molecular flexibility index (Phi) is 6.58. The predicted molar refractivity (Wildman–Crippen MR) is 135 cm³/mol. The lowest BCUT2D eigenvalue weighted by atomic mass is 9.77. The molecule has 1 aromatic heterocycles. The van der Waals surface area contributed by atoms with Crippen LogP contribution in [0.3, 0.4) is 0 Å². The number of benzene rings is 1. The number of aryl methyl sites for hydroxylation is 1. The molecule has 0 spiro atoms. The molecule has 2 aliphatic heterocycles. The largest absolute Gasteiger partial charge is 0.385 e. The van der Waals surface area contributed by atoms with E-state index < -0.39 is 34.9 Å². The van der Waals surface area contributed by atoms with E-state index in [0.29, 0.717) is 24.1 Å². The minimum Gasteiger partial charge on any atom is -0.385 e. The molecule has 2 atom stereocenters. The summed E-state index contributed by atoms with van der Waals surface area (Å²) >= 11 is 0. The molecule has 1 saturated heterocycles. The summed E-state index contributed by atoms with van der Waals surface area (Å²) in [6.45, 7) is 5.44. The average Bonchev–Trinajstić information content (AvgIpc) is 3.61. The molecule has 3 N–H and O–H groups in total. The second-order valence-electron chi connectivity index (χ2n) is 11.2. The standard InChI is InChI=1S/C28H35FN4O4/c1-17-4-5-20(31-14-17)15-33-24(34)21-12-19(27(2,36)18-6-10-32(3)11-7-18)13-22(29)23(21)25(33)37-16-28(8-9-28)26(30)35/h4-5,12-14,18,25,36H,6-11,15-16H2,1-3H3,(H2,30,35). The second kappa shape index (κ2) is 9.45. The van der Waals surface area contributed by atoms with Crippen molar-refractivity contribution in [3.05, 3.63) is 64.2 Å². The molecule has 3 heterocycles. The minimum absolute atomic E-state index is 0.00600. The molecule has 9 heteroatoms. The molecule has 1 aromatic carbocycles. The van der Waals surface area contributed by atoms with Crippen molar-refractivity contribution in [2.75, 3.05) is 26.7 Å². The van der Waals surface area contributed by atoms with Gasteiger partial charge in [0.05, 0.1) is 35.4 Å². The van der Waals surface area contributed by atoms with Crippen LogP contribution in [0, 0.1) is 24.1 Å². The van der Waals surface area contributed by atoms with E-state index in [1.165, 1.54) is 11.0 Å². The number of carbonyl (C=O) groups is 2. The van der Waals surface area contributed by atoms with E-state index in [4.69, 9.17) is 10.5 Å². The summed E-state index contributed by atoms with van der Waals surface area (Å²) in [6.07, 6.45) is 3.46. The Labute approximate surface area is 216 Å². The van der Waals surface area contributed by atoms with E-state index in [1.807, 2.05) is 26.1 Å². The van der Waals surface area contributed by atoms with Crippen LogP contribution in [-0.2, 0) is 21.7 Å². The number of nitrogens with zero attached hydrogens (tertiary/aromatic N) is 3. The fourth-order valence-corrected chi connectivity index (χ4v) is 5.51. The first-order valence-electron chi connectivity index (χ1n) is 12.9. The highest BCUT2D eigenvalue weighted by molar-refractivity contribution is 5.99. The van der Waals surface area contributed by atoms with Gasteiger partial charge in [0.1, 0.15) is 5.82 Å². The molecule has 1 saturated carbocycles. The van der Waals surface area contributed by atoms with Gasteiger partial charge < -0.3 is 25.4 Å². The van der Waals surface area contributed by atoms with Gasteiger partial charge in [0.25, 0.3) is 5.91 Å². The van der Waals surface area contributed by atoms with Crippen molar-refractivity contribution in [2.24, 2.45) is 17.1 Å². The summed E-state index contributed by atoms with van der Waals surface area (Å²) in [6, 6.07) is 6.66. The van der Waals surface area contributed by atoms with Gasteiger partial charge in [0.2, 0.25) is 5.91 Å². The molecule has 1 aliphatic carbocycles. The molecule has 198 valence electrons. The molecule has 2 amide bonds. The average molecular weight is 511 g/mol. The lowest BCUT2D eigenvalue weighted by Gasteiger charge is -2.39. The van der Waals surface area contributed by atoms with Gasteiger partial charge in [-0.2, -0.15) is 0 Å². The molecule has 2 aromatic rings. The number of hydrogen-bond donors (Lipinski definition) is 2. The third-order valence-electron chi connectivity index (χ3n) is 8.45. The number of pyridine rings is 1. The maximum absolute atomic E-state index is 15.8. The molecule has 2 fully saturated rings. The smallest absolute Gasteiger partial charge is 0.257 e. The fourth-order valence-electron chi connectivity index (χ4n) is 5.51. The van der Waals surface area contributed by atoms with Crippen LogP contribution in [0.5, 0.6) is 0 Å². The Morgan fingerprint density at radius 2 is 2.00 bits per heavy atom. The van der Waals surface area contributed by atoms with E-state index in [9.17, 15) is 14.7 Å². The lowest BCUT2D eigenvalue weighted by Crippen LogP contribution is -2.40. The van der Waals surface area contributed by atoms with E-state index in [2.05, 4.69) is 9.88 Å².